The van der Waals surface area contributed by atoms with Gasteiger partial charge in [-0.15, -0.1) is 0 Å². The number of methoxy groups -OCH3 is 1. The lowest BCUT2D eigenvalue weighted by molar-refractivity contribution is -0.116. The van der Waals surface area contributed by atoms with Gasteiger partial charge < -0.3 is 20.3 Å². The molecular formula is C15H19N3O4S. The lowest BCUT2D eigenvalue weighted by Gasteiger charge is -2.15. The second kappa shape index (κ2) is 7.87. The van der Waals surface area contributed by atoms with E-state index in [0.29, 0.717) is 30.2 Å². The van der Waals surface area contributed by atoms with Crippen molar-refractivity contribution in [3.8, 4) is 5.75 Å². The molecule has 1 saturated heterocycles. The Morgan fingerprint density at radius 2 is 2.13 bits per heavy atom. The summed E-state index contributed by atoms with van der Waals surface area (Å²) in [5.41, 5.74) is 1.05. The monoisotopic (exact) mass is 337 g/mol. The lowest BCUT2D eigenvalue weighted by atomic mass is 10.2. The SMILES string of the molecule is COc1ccc(NC(C)=O)cc1NC(=O)CCN1CCSC1=O. The van der Waals surface area contributed by atoms with Gasteiger partial charge in [0.25, 0.3) is 5.24 Å². The van der Waals surface area contributed by atoms with Crippen LogP contribution in [0.1, 0.15) is 13.3 Å². The van der Waals surface area contributed by atoms with Gasteiger partial charge in [0, 0.05) is 37.9 Å². The number of nitrogens with zero attached hydrogens (tertiary/aromatic N) is 1. The molecule has 1 heterocycles. The van der Waals surface area contributed by atoms with Crippen molar-refractivity contribution < 1.29 is 19.1 Å². The normalized spacial score (nSPS) is 13.8. The van der Waals surface area contributed by atoms with Gasteiger partial charge in [0.15, 0.2) is 0 Å². The van der Waals surface area contributed by atoms with E-state index >= 15 is 0 Å². The molecule has 3 amide bonds. The molecule has 1 aliphatic rings. The van der Waals surface area contributed by atoms with Crippen LogP contribution >= 0.6 is 11.8 Å². The molecule has 0 saturated carbocycles. The van der Waals surface area contributed by atoms with Crippen LogP contribution in [0.5, 0.6) is 5.75 Å². The lowest BCUT2D eigenvalue weighted by Crippen LogP contribution is -2.27. The quantitative estimate of drug-likeness (QED) is 0.830. The Labute approximate surface area is 138 Å². The number of anilines is 2. The first-order chi connectivity index (χ1) is 11.0. The van der Waals surface area contributed by atoms with E-state index in [1.165, 1.54) is 25.8 Å². The molecule has 0 aliphatic carbocycles. The van der Waals surface area contributed by atoms with Crippen LogP contribution in [0.4, 0.5) is 16.2 Å². The first-order valence-corrected chi connectivity index (χ1v) is 8.15. The molecule has 0 radical (unpaired) electrons. The summed E-state index contributed by atoms with van der Waals surface area (Å²) < 4.78 is 5.21. The minimum Gasteiger partial charge on any atom is -0.495 e. The highest BCUT2D eigenvalue weighted by Gasteiger charge is 2.21. The summed E-state index contributed by atoms with van der Waals surface area (Å²) in [4.78, 5) is 36.3. The summed E-state index contributed by atoms with van der Waals surface area (Å²) in [6, 6.07) is 4.99. The van der Waals surface area contributed by atoms with Crippen LogP contribution in [-0.2, 0) is 9.59 Å². The highest BCUT2D eigenvalue weighted by Crippen LogP contribution is 2.28. The molecule has 0 atom stereocenters. The number of hydrogen-bond acceptors (Lipinski definition) is 5. The summed E-state index contributed by atoms with van der Waals surface area (Å²) in [6.45, 7) is 2.48. The molecule has 1 aliphatic heterocycles. The van der Waals surface area contributed by atoms with E-state index < -0.39 is 0 Å². The average molecular weight is 337 g/mol. The third kappa shape index (κ3) is 4.88. The first kappa shape index (κ1) is 17.1. The van der Waals surface area contributed by atoms with Gasteiger partial charge >= 0.3 is 0 Å². The van der Waals surface area contributed by atoms with E-state index in [-0.39, 0.29) is 23.5 Å². The Bertz CT molecular complexity index is 621. The smallest absolute Gasteiger partial charge is 0.281 e. The number of carbonyl (C=O) groups is 3. The van der Waals surface area contributed by atoms with Gasteiger partial charge in [-0.25, -0.2) is 0 Å². The number of nitrogens with one attached hydrogen (secondary N) is 2. The molecular weight excluding hydrogens is 318 g/mol. The van der Waals surface area contributed by atoms with Crippen LogP contribution < -0.4 is 15.4 Å². The average Bonchev–Trinajstić information content (AvgIpc) is 2.90. The highest BCUT2D eigenvalue weighted by atomic mass is 32.2. The molecule has 1 aromatic carbocycles. The molecule has 7 nitrogen and oxygen atoms in total. The minimum absolute atomic E-state index is 0.0167. The molecule has 2 N–H and O–H groups in total. The maximum Gasteiger partial charge on any atom is 0.281 e. The van der Waals surface area contributed by atoms with Crippen LogP contribution in [0.3, 0.4) is 0 Å². The van der Waals surface area contributed by atoms with Crippen molar-refractivity contribution in [2.24, 2.45) is 0 Å². The van der Waals surface area contributed by atoms with Crippen LogP contribution in [0.25, 0.3) is 0 Å². The summed E-state index contributed by atoms with van der Waals surface area (Å²) in [5.74, 6) is 0.859. The first-order valence-electron chi connectivity index (χ1n) is 7.17. The maximum atomic E-state index is 12.1. The molecule has 0 aromatic heterocycles. The van der Waals surface area contributed by atoms with Crippen molar-refractivity contribution in [3.05, 3.63) is 18.2 Å². The maximum absolute atomic E-state index is 12.1. The summed E-state index contributed by atoms with van der Waals surface area (Å²) in [7, 11) is 1.50. The van der Waals surface area contributed by atoms with E-state index in [1.54, 1.807) is 23.1 Å². The van der Waals surface area contributed by atoms with E-state index in [1.807, 2.05) is 0 Å². The fourth-order valence-corrected chi connectivity index (χ4v) is 3.02. The van der Waals surface area contributed by atoms with Crippen molar-refractivity contribution in [3.63, 3.8) is 0 Å². The number of hydrogen-bond donors (Lipinski definition) is 2. The summed E-state index contributed by atoms with van der Waals surface area (Å²) in [5, 5.41) is 5.42. The Morgan fingerprint density at radius 1 is 1.35 bits per heavy atom. The number of thioether (sulfide) groups is 1. The molecule has 0 bridgehead atoms. The number of benzene rings is 1. The van der Waals surface area contributed by atoms with Crippen molar-refractivity contribution in [1.29, 1.82) is 0 Å². The van der Waals surface area contributed by atoms with Crippen LogP contribution in [0, 0.1) is 0 Å². The molecule has 8 heteroatoms. The van der Waals surface area contributed by atoms with Crippen molar-refractivity contribution in [2.45, 2.75) is 13.3 Å². The van der Waals surface area contributed by atoms with Gasteiger partial charge in [-0.05, 0) is 18.2 Å². The zero-order valence-electron chi connectivity index (χ0n) is 13.0. The van der Waals surface area contributed by atoms with Crippen LogP contribution in [-0.4, -0.2) is 47.9 Å². The van der Waals surface area contributed by atoms with E-state index in [0.717, 1.165) is 5.75 Å². The Morgan fingerprint density at radius 3 is 2.74 bits per heavy atom. The van der Waals surface area contributed by atoms with E-state index in [4.69, 9.17) is 4.74 Å². The third-order valence-corrected chi connectivity index (χ3v) is 4.14. The largest absolute Gasteiger partial charge is 0.495 e. The molecule has 0 spiro atoms. The standard InChI is InChI=1S/C15H19N3O4S/c1-10(19)16-11-3-4-13(22-2)12(9-11)17-14(20)5-6-18-7-8-23-15(18)21/h3-4,9H,5-8H2,1-2H3,(H,16,19)(H,17,20). The zero-order valence-corrected chi connectivity index (χ0v) is 13.9. The predicted octanol–water partition coefficient (Wildman–Crippen LogP) is 2.15. The van der Waals surface area contributed by atoms with Gasteiger partial charge in [-0.2, -0.15) is 0 Å². The van der Waals surface area contributed by atoms with Gasteiger partial charge in [-0.1, -0.05) is 11.8 Å². The fraction of sp³-hybridized carbons (Fsp3) is 0.400. The number of rotatable bonds is 6. The topological polar surface area (TPSA) is 87.7 Å². The van der Waals surface area contributed by atoms with Crippen molar-refractivity contribution in [2.75, 3.05) is 36.6 Å². The Kier molecular flexibility index (Phi) is 5.86. The fourth-order valence-electron chi connectivity index (χ4n) is 2.16. The minimum atomic E-state index is -0.215. The van der Waals surface area contributed by atoms with Gasteiger partial charge in [0.1, 0.15) is 5.75 Å². The second-order valence-corrected chi connectivity index (χ2v) is 6.04. The predicted molar refractivity (Wildman–Crippen MR) is 90.0 cm³/mol. The number of carbonyl (C=O) groups excluding carboxylic acids is 3. The number of ether oxygens (including phenoxy) is 1. The zero-order chi connectivity index (χ0) is 16.8. The van der Waals surface area contributed by atoms with Gasteiger partial charge in [0.05, 0.1) is 12.8 Å². The molecule has 0 unspecified atom stereocenters. The Hall–Kier alpha value is -2.22. The van der Waals surface area contributed by atoms with Gasteiger partial charge in [-0.3, -0.25) is 14.4 Å². The molecule has 1 fully saturated rings. The Balaban J connectivity index is 1.98. The van der Waals surface area contributed by atoms with E-state index in [9.17, 15) is 14.4 Å². The van der Waals surface area contributed by atoms with Gasteiger partial charge in [0.2, 0.25) is 11.8 Å². The molecule has 2 rings (SSSR count). The van der Waals surface area contributed by atoms with Crippen LogP contribution in [0.15, 0.2) is 18.2 Å². The third-order valence-electron chi connectivity index (χ3n) is 3.25. The second-order valence-electron chi connectivity index (χ2n) is 5.00. The van der Waals surface area contributed by atoms with Crippen molar-refractivity contribution in [1.82, 2.24) is 4.90 Å². The molecule has 1 aromatic rings. The van der Waals surface area contributed by atoms with E-state index in [2.05, 4.69) is 10.6 Å². The summed E-state index contributed by atoms with van der Waals surface area (Å²) in [6.07, 6.45) is 0.208. The van der Waals surface area contributed by atoms with Crippen molar-refractivity contribution >= 4 is 40.2 Å². The molecule has 124 valence electrons. The van der Waals surface area contributed by atoms with Crippen LogP contribution in [0.2, 0.25) is 0 Å². The summed E-state index contributed by atoms with van der Waals surface area (Å²) >= 11 is 1.27. The number of amides is 3. The molecule has 23 heavy (non-hydrogen) atoms. The highest BCUT2D eigenvalue weighted by molar-refractivity contribution is 8.13.